The molecule has 130 valence electrons. The van der Waals surface area contributed by atoms with Gasteiger partial charge in [-0.2, -0.15) is 0 Å². The highest BCUT2D eigenvalue weighted by Gasteiger charge is 2.50. The van der Waals surface area contributed by atoms with E-state index >= 15 is 0 Å². The van der Waals surface area contributed by atoms with Crippen LogP contribution in [0.15, 0.2) is 72.8 Å². The summed E-state index contributed by atoms with van der Waals surface area (Å²) >= 11 is 0. The summed E-state index contributed by atoms with van der Waals surface area (Å²) in [7, 11) is 0. The van der Waals surface area contributed by atoms with E-state index in [4.69, 9.17) is 9.47 Å². The van der Waals surface area contributed by atoms with Crippen LogP contribution in [0.2, 0.25) is 0 Å². The number of hydrogen-bond acceptors (Lipinski definition) is 5. The van der Waals surface area contributed by atoms with Gasteiger partial charge in [0.2, 0.25) is 5.78 Å². The fourth-order valence-corrected chi connectivity index (χ4v) is 2.15. The Balaban J connectivity index is 2.52. The van der Waals surface area contributed by atoms with Crippen LogP contribution < -0.4 is 4.74 Å². The molecule has 2 aromatic carbocycles. The summed E-state index contributed by atoms with van der Waals surface area (Å²) < 4.78 is 11.0. The van der Waals surface area contributed by atoms with E-state index in [1.54, 1.807) is 60.7 Å². The zero-order valence-electron chi connectivity index (χ0n) is 14.1. The fourth-order valence-electron chi connectivity index (χ4n) is 2.15. The van der Waals surface area contributed by atoms with Gasteiger partial charge in [-0.3, -0.25) is 4.79 Å². The molecule has 1 N–H and O–H groups in total. The number of esters is 1. The lowest BCUT2D eigenvalue weighted by Crippen LogP contribution is -2.56. The van der Waals surface area contributed by atoms with Crippen LogP contribution in [0, 0.1) is 0 Å². The van der Waals surface area contributed by atoms with Gasteiger partial charge in [0.05, 0.1) is 0 Å². The summed E-state index contributed by atoms with van der Waals surface area (Å²) in [6.45, 7) is 6.29. The minimum absolute atomic E-state index is 0.0857. The monoisotopic (exact) mass is 340 g/mol. The highest BCUT2D eigenvalue weighted by Crippen LogP contribution is 2.28. The quantitative estimate of drug-likeness (QED) is 0.363. The summed E-state index contributed by atoms with van der Waals surface area (Å²) in [6, 6.07) is 16.6. The number of benzene rings is 2. The van der Waals surface area contributed by atoms with Gasteiger partial charge in [-0.15, -0.1) is 0 Å². The van der Waals surface area contributed by atoms with Crippen molar-refractivity contribution in [3.05, 3.63) is 78.4 Å². The predicted molar refractivity (Wildman–Crippen MR) is 93.2 cm³/mol. The van der Waals surface area contributed by atoms with Crippen LogP contribution in [0.5, 0.6) is 5.75 Å². The minimum Gasteiger partial charge on any atom is -0.443 e. The molecular formula is C20H20O5. The molecular weight excluding hydrogens is 320 g/mol. The third kappa shape index (κ3) is 4.14. The number of ketones is 1. The van der Waals surface area contributed by atoms with E-state index < -0.39 is 23.6 Å². The molecule has 5 heteroatoms. The van der Waals surface area contributed by atoms with Crippen LogP contribution in [-0.2, 0) is 9.53 Å². The third-order valence-electron chi connectivity index (χ3n) is 3.51. The van der Waals surface area contributed by atoms with Crippen LogP contribution in [0.4, 0.5) is 0 Å². The van der Waals surface area contributed by atoms with Crippen molar-refractivity contribution in [1.29, 1.82) is 0 Å². The van der Waals surface area contributed by atoms with Crippen LogP contribution in [0.3, 0.4) is 0 Å². The number of aliphatic hydroxyl groups excluding tert-OH is 1. The fraction of sp³-hybridized carbons (Fsp3) is 0.200. The van der Waals surface area contributed by atoms with Gasteiger partial charge in [0.1, 0.15) is 11.9 Å². The second kappa shape index (κ2) is 7.77. The Morgan fingerprint density at radius 2 is 1.56 bits per heavy atom. The van der Waals surface area contributed by atoms with E-state index in [2.05, 4.69) is 6.58 Å². The number of rotatable bonds is 7. The van der Waals surface area contributed by atoms with Crippen molar-refractivity contribution in [2.75, 3.05) is 0 Å². The van der Waals surface area contributed by atoms with Gasteiger partial charge in [0.15, 0.2) is 0 Å². The molecule has 0 amide bonds. The molecule has 2 rings (SSSR count). The zero-order valence-corrected chi connectivity index (χ0v) is 14.1. The summed E-state index contributed by atoms with van der Waals surface area (Å²) in [4.78, 5) is 25.2. The van der Waals surface area contributed by atoms with Gasteiger partial charge >= 0.3 is 11.8 Å². The second-order valence-corrected chi connectivity index (χ2v) is 5.62. The Hall–Kier alpha value is -2.92. The molecule has 2 unspecified atom stereocenters. The summed E-state index contributed by atoms with van der Waals surface area (Å²) in [5.74, 6) is -3.44. The van der Waals surface area contributed by atoms with E-state index in [1.807, 2.05) is 0 Å². The van der Waals surface area contributed by atoms with Gasteiger partial charge < -0.3 is 14.6 Å². The van der Waals surface area contributed by atoms with E-state index in [0.717, 1.165) is 0 Å². The van der Waals surface area contributed by atoms with Crippen LogP contribution in [0.1, 0.15) is 24.2 Å². The zero-order chi connectivity index (χ0) is 18.4. The van der Waals surface area contributed by atoms with Crippen molar-refractivity contribution < 1.29 is 24.2 Å². The molecule has 0 bridgehead atoms. The lowest BCUT2D eigenvalue weighted by molar-refractivity contribution is -0.202. The highest BCUT2D eigenvalue weighted by molar-refractivity contribution is 6.04. The summed E-state index contributed by atoms with van der Waals surface area (Å²) in [5.41, 5.74) is 0.330. The van der Waals surface area contributed by atoms with Gasteiger partial charge in [-0.25, -0.2) is 4.79 Å². The normalized spacial score (nSPS) is 14.0. The van der Waals surface area contributed by atoms with Crippen molar-refractivity contribution in [2.24, 2.45) is 0 Å². The average Bonchev–Trinajstić information content (AvgIpc) is 2.61. The number of carbonyl (C=O) groups excluding carboxylic acids is 2. The first kappa shape index (κ1) is 18.4. The Labute approximate surface area is 146 Å². The molecule has 0 saturated carbocycles. The lowest BCUT2D eigenvalue weighted by Gasteiger charge is -2.34. The van der Waals surface area contributed by atoms with Gasteiger partial charge in [0, 0.05) is 11.1 Å². The Kier molecular flexibility index (Phi) is 5.72. The van der Waals surface area contributed by atoms with Crippen molar-refractivity contribution in [3.63, 3.8) is 0 Å². The van der Waals surface area contributed by atoms with E-state index in [0.29, 0.717) is 0 Å². The number of aliphatic hydroxyl groups is 1. The molecule has 0 radical (unpaired) electrons. The molecule has 0 heterocycles. The van der Waals surface area contributed by atoms with Crippen LogP contribution in [-0.4, -0.2) is 28.8 Å². The molecule has 0 aliphatic carbocycles. The second-order valence-electron chi connectivity index (χ2n) is 5.62. The topological polar surface area (TPSA) is 72.8 Å². The average molecular weight is 340 g/mol. The molecule has 5 nitrogen and oxygen atoms in total. The maximum absolute atomic E-state index is 13.1. The molecule has 0 fully saturated rings. The standard InChI is InChI=1S/C20H20O5/c1-14(2)19(23)25-20(15(3)21,24-17-12-8-5-9-13-17)18(22)16-10-6-4-7-11-16/h4-13,15,21H,1H2,2-3H3. The lowest BCUT2D eigenvalue weighted by atomic mass is 9.98. The molecule has 0 saturated heterocycles. The van der Waals surface area contributed by atoms with E-state index in [1.165, 1.54) is 13.8 Å². The number of ether oxygens (including phenoxy) is 2. The van der Waals surface area contributed by atoms with E-state index in [-0.39, 0.29) is 16.9 Å². The Bertz CT molecular complexity index is 752. The van der Waals surface area contributed by atoms with Gasteiger partial charge in [-0.05, 0) is 26.0 Å². The van der Waals surface area contributed by atoms with Crippen LogP contribution in [0.25, 0.3) is 0 Å². The van der Waals surface area contributed by atoms with E-state index in [9.17, 15) is 14.7 Å². The Morgan fingerprint density at radius 1 is 1.04 bits per heavy atom. The van der Waals surface area contributed by atoms with Crippen molar-refractivity contribution >= 4 is 11.8 Å². The van der Waals surface area contributed by atoms with Gasteiger partial charge in [0.25, 0.3) is 0 Å². The smallest absolute Gasteiger partial charge is 0.345 e. The SMILES string of the molecule is C=C(C)C(=O)OC(Oc1ccccc1)(C(=O)c1ccccc1)C(C)O. The molecule has 2 aromatic rings. The maximum atomic E-state index is 13.1. The largest absolute Gasteiger partial charge is 0.443 e. The first-order chi connectivity index (χ1) is 11.9. The molecule has 0 aliphatic rings. The molecule has 2 atom stereocenters. The number of Topliss-reactive ketones (excluding diaryl/α,β-unsaturated/α-hetero) is 1. The minimum atomic E-state index is -2.22. The maximum Gasteiger partial charge on any atom is 0.345 e. The third-order valence-corrected chi connectivity index (χ3v) is 3.51. The Morgan fingerprint density at radius 3 is 2.04 bits per heavy atom. The van der Waals surface area contributed by atoms with Crippen molar-refractivity contribution in [2.45, 2.75) is 25.7 Å². The summed E-state index contributed by atoms with van der Waals surface area (Å²) in [5, 5.41) is 10.3. The predicted octanol–water partition coefficient (Wildman–Crippen LogP) is 3.14. The van der Waals surface area contributed by atoms with Gasteiger partial charge in [-0.1, -0.05) is 55.1 Å². The molecule has 0 spiro atoms. The number of para-hydroxylation sites is 1. The summed E-state index contributed by atoms with van der Waals surface area (Å²) in [6.07, 6.45) is -1.43. The van der Waals surface area contributed by atoms with Crippen molar-refractivity contribution in [1.82, 2.24) is 0 Å². The number of carbonyl (C=O) groups is 2. The molecule has 0 aromatic heterocycles. The first-order valence-electron chi connectivity index (χ1n) is 7.77. The highest BCUT2D eigenvalue weighted by atomic mass is 16.7. The number of hydrogen-bond donors (Lipinski definition) is 1. The van der Waals surface area contributed by atoms with Crippen molar-refractivity contribution in [3.8, 4) is 5.75 Å². The first-order valence-corrected chi connectivity index (χ1v) is 7.77. The molecule has 0 aliphatic heterocycles. The molecule has 25 heavy (non-hydrogen) atoms. The van der Waals surface area contributed by atoms with Crippen LogP contribution >= 0.6 is 0 Å².